The Morgan fingerprint density at radius 3 is 2.47 bits per heavy atom. The SMILES string of the molecule is CC[C@@]1(C(=O)OC)N[C@H](CN(C)C(=O)Nc2ccc(F)cc2)[C@@H]2C(=O)N(C)C(=O)[C@@H]21. The highest BCUT2D eigenvalue weighted by Crippen LogP contribution is 2.44. The second kappa shape index (κ2) is 8.02. The summed E-state index contributed by atoms with van der Waals surface area (Å²) in [6, 6.07) is 4.21. The van der Waals surface area contributed by atoms with E-state index in [9.17, 15) is 23.6 Å². The van der Waals surface area contributed by atoms with Gasteiger partial charge in [0.15, 0.2) is 0 Å². The topological polar surface area (TPSA) is 108 Å². The van der Waals surface area contributed by atoms with Gasteiger partial charge in [-0.2, -0.15) is 0 Å². The summed E-state index contributed by atoms with van der Waals surface area (Å²) in [6.07, 6.45) is 0.246. The van der Waals surface area contributed by atoms with Crippen LogP contribution in [0.2, 0.25) is 0 Å². The van der Waals surface area contributed by atoms with E-state index in [2.05, 4.69) is 10.6 Å². The number of esters is 1. The average Bonchev–Trinajstić information content (AvgIpc) is 3.18. The number of carbonyl (C=O) groups is 4. The largest absolute Gasteiger partial charge is 0.468 e. The zero-order valence-corrected chi connectivity index (χ0v) is 17.3. The molecule has 2 aliphatic rings. The molecule has 2 aliphatic heterocycles. The van der Waals surface area contributed by atoms with Crippen molar-refractivity contribution in [3.05, 3.63) is 30.1 Å². The van der Waals surface area contributed by atoms with E-state index in [1.807, 2.05) is 0 Å². The molecule has 0 saturated carbocycles. The van der Waals surface area contributed by atoms with Gasteiger partial charge in [0, 0.05) is 32.4 Å². The van der Waals surface area contributed by atoms with Gasteiger partial charge in [-0.25, -0.2) is 9.18 Å². The van der Waals surface area contributed by atoms with Crippen molar-refractivity contribution in [2.24, 2.45) is 11.8 Å². The molecule has 162 valence electrons. The van der Waals surface area contributed by atoms with Crippen LogP contribution in [0.4, 0.5) is 14.9 Å². The van der Waals surface area contributed by atoms with Gasteiger partial charge in [0.25, 0.3) is 0 Å². The molecule has 2 heterocycles. The average molecular weight is 420 g/mol. The maximum absolute atomic E-state index is 13.0. The number of imide groups is 1. The van der Waals surface area contributed by atoms with Crippen LogP contribution in [0.5, 0.6) is 0 Å². The molecule has 2 fully saturated rings. The molecule has 0 aromatic heterocycles. The first-order valence-corrected chi connectivity index (χ1v) is 9.61. The fourth-order valence-corrected chi connectivity index (χ4v) is 4.39. The number of rotatable bonds is 5. The van der Waals surface area contributed by atoms with Gasteiger partial charge in [0.05, 0.1) is 18.9 Å². The number of benzene rings is 1. The highest BCUT2D eigenvalue weighted by Gasteiger charge is 2.67. The number of methoxy groups -OCH3 is 1. The van der Waals surface area contributed by atoms with Gasteiger partial charge < -0.3 is 15.0 Å². The van der Waals surface area contributed by atoms with Gasteiger partial charge in [-0.1, -0.05) is 6.92 Å². The molecule has 30 heavy (non-hydrogen) atoms. The molecule has 4 amide bonds. The van der Waals surface area contributed by atoms with Crippen molar-refractivity contribution >= 4 is 29.5 Å². The van der Waals surface area contributed by atoms with E-state index in [1.54, 1.807) is 6.92 Å². The van der Waals surface area contributed by atoms with Crippen LogP contribution in [0.25, 0.3) is 0 Å². The Hall–Kier alpha value is -3.01. The van der Waals surface area contributed by atoms with Gasteiger partial charge in [-0.05, 0) is 30.7 Å². The minimum Gasteiger partial charge on any atom is -0.468 e. The van der Waals surface area contributed by atoms with Crippen molar-refractivity contribution < 1.29 is 28.3 Å². The molecule has 0 bridgehead atoms. The number of fused-ring (bicyclic) bond motifs is 1. The Labute approximate surface area is 173 Å². The van der Waals surface area contributed by atoms with Crippen molar-refractivity contribution in [1.29, 1.82) is 0 Å². The van der Waals surface area contributed by atoms with E-state index < -0.39 is 53.0 Å². The van der Waals surface area contributed by atoms with Gasteiger partial charge in [0.2, 0.25) is 11.8 Å². The maximum atomic E-state index is 13.0. The summed E-state index contributed by atoms with van der Waals surface area (Å²) in [4.78, 5) is 53.1. The monoisotopic (exact) mass is 420 g/mol. The second-order valence-corrected chi connectivity index (χ2v) is 7.62. The number of urea groups is 1. The molecule has 1 aromatic carbocycles. The lowest BCUT2D eigenvalue weighted by Gasteiger charge is -2.31. The number of nitrogens with one attached hydrogen (secondary N) is 2. The van der Waals surface area contributed by atoms with Crippen molar-refractivity contribution in [1.82, 2.24) is 15.1 Å². The van der Waals surface area contributed by atoms with Crippen LogP contribution in [0, 0.1) is 17.7 Å². The second-order valence-electron chi connectivity index (χ2n) is 7.62. The lowest BCUT2D eigenvalue weighted by molar-refractivity contribution is -0.154. The van der Waals surface area contributed by atoms with E-state index in [4.69, 9.17) is 4.74 Å². The molecule has 9 nitrogen and oxygen atoms in total. The fraction of sp³-hybridized carbons (Fsp3) is 0.500. The number of nitrogens with zero attached hydrogens (tertiary/aromatic N) is 2. The summed E-state index contributed by atoms with van der Waals surface area (Å²) in [6.45, 7) is 1.81. The third-order valence-corrected chi connectivity index (χ3v) is 6.00. The lowest BCUT2D eigenvalue weighted by Crippen LogP contribution is -2.58. The highest BCUT2D eigenvalue weighted by atomic mass is 19.1. The number of hydrogen-bond acceptors (Lipinski definition) is 6. The van der Waals surface area contributed by atoms with Crippen molar-refractivity contribution in [3.63, 3.8) is 0 Å². The fourth-order valence-electron chi connectivity index (χ4n) is 4.39. The molecule has 2 saturated heterocycles. The molecule has 0 radical (unpaired) electrons. The molecular formula is C20H25FN4O5. The highest BCUT2D eigenvalue weighted by molar-refractivity contribution is 6.09. The predicted molar refractivity (Wildman–Crippen MR) is 105 cm³/mol. The predicted octanol–water partition coefficient (Wildman–Crippen LogP) is 0.814. The number of halogens is 1. The summed E-state index contributed by atoms with van der Waals surface area (Å²) in [5.74, 6) is -3.56. The van der Waals surface area contributed by atoms with Crippen molar-refractivity contribution in [3.8, 4) is 0 Å². The number of amides is 4. The summed E-state index contributed by atoms with van der Waals surface area (Å²) in [7, 11) is 4.16. The molecular weight excluding hydrogens is 395 g/mol. The summed E-state index contributed by atoms with van der Waals surface area (Å²) in [5, 5.41) is 5.77. The first-order chi connectivity index (χ1) is 14.2. The molecule has 1 aromatic rings. The third-order valence-electron chi connectivity index (χ3n) is 6.00. The number of carbonyl (C=O) groups excluding carboxylic acids is 4. The van der Waals surface area contributed by atoms with Gasteiger partial charge in [-0.15, -0.1) is 0 Å². The Kier molecular flexibility index (Phi) is 5.80. The van der Waals surface area contributed by atoms with Crippen molar-refractivity contribution in [2.75, 3.05) is 33.1 Å². The first kappa shape index (κ1) is 21.7. The van der Waals surface area contributed by atoms with E-state index in [-0.39, 0.29) is 13.0 Å². The summed E-state index contributed by atoms with van der Waals surface area (Å²) >= 11 is 0. The Bertz CT molecular complexity index is 876. The molecule has 4 atom stereocenters. The van der Waals surface area contributed by atoms with Crippen LogP contribution in [-0.2, 0) is 19.1 Å². The molecule has 10 heteroatoms. The maximum Gasteiger partial charge on any atom is 0.326 e. The van der Waals surface area contributed by atoms with E-state index in [0.29, 0.717) is 5.69 Å². The molecule has 0 spiro atoms. The Morgan fingerprint density at radius 2 is 1.90 bits per heavy atom. The number of likely N-dealkylation sites (tertiary alicyclic amines) is 1. The standard InChI is InChI=1S/C20H25FN4O5/c1-5-20(18(28)30-4)15-14(16(26)25(3)17(15)27)13(23-20)10-24(2)19(29)22-12-8-6-11(21)7-9-12/h6-9,13-15,23H,5,10H2,1-4H3,(H,22,29)/t13-,14+,15-,20-/m1/s1. The van der Waals surface area contributed by atoms with Crippen molar-refractivity contribution in [2.45, 2.75) is 24.9 Å². The van der Waals surface area contributed by atoms with Crippen LogP contribution < -0.4 is 10.6 Å². The number of anilines is 1. The van der Waals surface area contributed by atoms with Gasteiger partial charge in [0.1, 0.15) is 11.4 Å². The van der Waals surface area contributed by atoms with Crippen LogP contribution in [0.1, 0.15) is 13.3 Å². The van der Waals surface area contributed by atoms with Crippen LogP contribution in [0.3, 0.4) is 0 Å². The summed E-state index contributed by atoms with van der Waals surface area (Å²) < 4.78 is 18.0. The molecule has 3 rings (SSSR count). The normalized spacial score (nSPS) is 27.8. The lowest BCUT2D eigenvalue weighted by atomic mass is 9.78. The zero-order chi connectivity index (χ0) is 22.2. The third kappa shape index (κ3) is 3.41. The Morgan fingerprint density at radius 1 is 1.27 bits per heavy atom. The Balaban J connectivity index is 1.81. The van der Waals surface area contributed by atoms with E-state index >= 15 is 0 Å². The minimum absolute atomic E-state index is 0.0692. The summed E-state index contributed by atoms with van der Waals surface area (Å²) in [5.41, 5.74) is -0.926. The van der Waals surface area contributed by atoms with Crippen LogP contribution in [-0.4, -0.2) is 72.9 Å². The smallest absolute Gasteiger partial charge is 0.326 e. The van der Waals surface area contributed by atoms with E-state index in [1.165, 1.54) is 50.4 Å². The zero-order valence-electron chi connectivity index (χ0n) is 17.3. The molecule has 2 N–H and O–H groups in total. The van der Waals surface area contributed by atoms with Crippen LogP contribution >= 0.6 is 0 Å². The minimum atomic E-state index is -1.34. The molecule has 0 unspecified atom stereocenters. The first-order valence-electron chi connectivity index (χ1n) is 9.61. The van der Waals surface area contributed by atoms with Gasteiger partial charge in [-0.3, -0.25) is 24.6 Å². The molecule has 0 aliphatic carbocycles. The van der Waals surface area contributed by atoms with Crippen LogP contribution in [0.15, 0.2) is 24.3 Å². The van der Waals surface area contributed by atoms with Gasteiger partial charge >= 0.3 is 12.0 Å². The number of likely N-dealkylation sites (N-methyl/N-ethyl adjacent to an activating group) is 1. The quantitative estimate of drug-likeness (QED) is 0.539. The number of ether oxygens (including phenoxy) is 1. The number of hydrogen-bond donors (Lipinski definition) is 2. The van der Waals surface area contributed by atoms with E-state index in [0.717, 1.165) is 4.90 Å².